The Hall–Kier alpha value is -1.14. The molecule has 0 aliphatic carbocycles. The van der Waals surface area contributed by atoms with Crippen molar-refractivity contribution in [3.63, 3.8) is 0 Å². The van der Waals surface area contributed by atoms with Crippen LogP contribution < -0.4 is 16.6 Å². The van der Waals surface area contributed by atoms with Crippen molar-refractivity contribution in [1.82, 2.24) is 10.7 Å². The van der Waals surface area contributed by atoms with Crippen LogP contribution in [0.5, 0.6) is 0 Å². The van der Waals surface area contributed by atoms with Crippen molar-refractivity contribution in [2.45, 2.75) is 19.4 Å². The highest BCUT2D eigenvalue weighted by Gasteiger charge is 2.25. The van der Waals surface area contributed by atoms with Crippen LogP contribution in [-0.2, 0) is 14.3 Å². The second kappa shape index (κ2) is 4.92. The lowest BCUT2D eigenvalue weighted by atomic mass is 10.0. The number of hydrazine groups is 1. The summed E-state index contributed by atoms with van der Waals surface area (Å²) in [7, 11) is 0. The van der Waals surface area contributed by atoms with Gasteiger partial charge in [-0.25, -0.2) is 5.84 Å². The van der Waals surface area contributed by atoms with Gasteiger partial charge >= 0.3 is 11.8 Å². The third-order valence-corrected chi connectivity index (χ3v) is 2.40. The van der Waals surface area contributed by atoms with E-state index in [0.717, 1.165) is 6.42 Å². The van der Waals surface area contributed by atoms with Gasteiger partial charge in [-0.2, -0.15) is 0 Å². The minimum absolute atomic E-state index is 0.135. The van der Waals surface area contributed by atoms with Gasteiger partial charge in [0, 0.05) is 19.1 Å². The zero-order valence-electron chi connectivity index (χ0n) is 8.08. The molecule has 6 nitrogen and oxygen atoms in total. The molecule has 1 aliphatic heterocycles. The van der Waals surface area contributed by atoms with Crippen LogP contribution in [0.1, 0.15) is 13.3 Å². The molecule has 6 heteroatoms. The van der Waals surface area contributed by atoms with Crippen molar-refractivity contribution >= 4 is 11.8 Å². The maximum atomic E-state index is 11.0. The Morgan fingerprint density at radius 3 is 2.71 bits per heavy atom. The molecular formula is C8H15N3O3. The molecule has 0 aromatic heterocycles. The van der Waals surface area contributed by atoms with Gasteiger partial charge in [-0.3, -0.25) is 15.0 Å². The van der Waals surface area contributed by atoms with Gasteiger partial charge in [0.2, 0.25) is 0 Å². The Morgan fingerprint density at radius 1 is 1.50 bits per heavy atom. The highest BCUT2D eigenvalue weighted by Crippen LogP contribution is 2.18. The third kappa shape index (κ3) is 2.68. The molecule has 0 bridgehead atoms. The zero-order chi connectivity index (χ0) is 10.6. The van der Waals surface area contributed by atoms with Gasteiger partial charge in [0.15, 0.2) is 0 Å². The van der Waals surface area contributed by atoms with Gasteiger partial charge in [-0.15, -0.1) is 0 Å². The number of amides is 2. The van der Waals surface area contributed by atoms with Gasteiger partial charge < -0.3 is 10.1 Å². The van der Waals surface area contributed by atoms with Gasteiger partial charge in [0.05, 0.1) is 6.10 Å². The molecule has 0 aromatic carbocycles. The predicted molar refractivity (Wildman–Crippen MR) is 48.9 cm³/mol. The summed E-state index contributed by atoms with van der Waals surface area (Å²) in [6.45, 7) is 3.12. The molecule has 4 N–H and O–H groups in total. The summed E-state index contributed by atoms with van der Waals surface area (Å²) in [4.78, 5) is 21.7. The molecule has 0 aromatic rings. The van der Waals surface area contributed by atoms with Gasteiger partial charge in [0.25, 0.3) is 0 Å². The van der Waals surface area contributed by atoms with Gasteiger partial charge in [-0.1, -0.05) is 0 Å². The van der Waals surface area contributed by atoms with Gasteiger partial charge in [0.1, 0.15) is 0 Å². The van der Waals surface area contributed by atoms with Crippen LogP contribution in [0.4, 0.5) is 0 Å². The highest BCUT2D eigenvalue weighted by molar-refractivity contribution is 6.34. The molecule has 1 saturated heterocycles. The molecule has 1 rings (SSSR count). The lowest BCUT2D eigenvalue weighted by Crippen LogP contribution is -2.44. The van der Waals surface area contributed by atoms with E-state index in [1.807, 2.05) is 6.92 Å². The van der Waals surface area contributed by atoms with E-state index in [2.05, 4.69) is 5.32 Å². The van der Waals surface area contributed by atoms with Crippen LogP contribution in [0.3, 0.4) is 0 Å². The fourth-order valence-corrected chi connectivity index (χ4v) is 1.41. The summed E-state index contributed by atoms with van der Waals surface area (Å²) in [6, 6.07) is 0. The first-order valence-corrected chi connectivity index (χ1v) is 4.55. The number of hydrogen-bond donors (Lipinski definition) is 3. The third-order valence-electron chi connectivity index (χ3n) is 2.40. The lowest BCUT2D eigenvalue weighted by molar-refractivity contribution is -0.139. The van der Waals surface area contributed by atoms with E-state index in [4.69, 9.17) is 10.6 Å². The van der Waals surface area contributed by atoms with Crippen molar-refractivity contribution in [1.29, 1.82) is 0 Å². The summed E-state index contributed by atoms with van der Waals surface area (Å²) in [5, 5.41) is 2.49. The van der Waals surface area contributed by atoms with E-state index in [9.17, 15) is 9.59 Å². The maximum Gasteiger partial charge on any atom is 0.323 e. The molecular weight excluding hydrogens is 186 g/mol. The molecule has 1 heterocycles. The Morgan fingerprint density at radius 2 is 2.21 bits per heavy atom. The van der Waals surface area contributed by atoms with Crippen LogP contribution in [0, 0.1) is 5.92 Å². The SMILES string of the molecule is CC1OCCC1CNC(=O)C(=O)NN. The van der Waals surface area contributed by atoms with Crippen molar-refractivity contribution in [3.8, 4) is 0 Å². The Labute approximate surface area is 82.1 Å². The molecule has 2 amide bonds. The highest BCUT2D eigenvalue weighted by atomic mass is 16.5. The molecule has 0 saturated carbocycles. The van der Waals surface area contributed by atoms with Gasteiger partial charge in [-0.05, 0) is 13.3 Å². The predicted octanol–water partition coefficient (Wildman–Crippen LogP) is -1.48. The summed E-state index contributed by atoms with van der Waals surface area (Å²) < 4.78 is 5.31. The number of rotatable bonds is 2. The van der Waals surface area contributed by atoms with Crippen molar-refractivity contribution < 1.29 is 14.3 Å². The largest absolute Gasteiger partial charge is 0.378 e. The quantitative estimate of drug-likeness (QED) is 0.220. The monoisotopic (exact) mass is 201 g/mol. The minimum Gasteiger partial charge on any atom is -0.378 e. The van der Waals surface area contributed by atoms with E-state index in [1.165, 1.54) is 0 Å². The van der Waals surface area contributed by atoms with E-state index in [0.29, 0.717) is 13.2 Å². The molecule has 1 fully saturated rings. The normalized spacial score (nSPS) is 25.9. The number of hydrogen-bond acceptors (Lipinski definition) is 4. The molecule has 1 aliphatic rings. The molecule has 0 radical (unpaired) electrons. The fraction of sp³-hybridized carbons (Fsp3) is 0.750. The molecule has 0 spiro atoms. The zero-order valence-corrected chi connectivity index (χ0v) is 8.08. The summed E-state index contributed by atoms with van der Waals surface area (Å²) in [6.07, 6.45) is 1.04. The number of ether oxygens (including phenoxy) is 1. The summed E-state index contributed by atoms with van der Waals surface area (Å²) in [5.41, 5.74) is 1.77. The van der Waals surface area contributed by atoms with Crippen LogP contribution in [-0.4, -0.2) is 31.1 Å². The molecule has 2 atom stereocenters. The number of carbonyl (C=O) groups excluding carboxylic acids is 2. The van der Waals surface area contributed by atoms with Crippen LogP contribution >= 0.6 is 0 Å². The lowest BCUT2D eigenvalue weighted by Gasteiger charge is -2.13. The summed E-state index contributed by atoms with van der Waals surface area (Å²) in [5.74, 6) is 3.56. The number of nitrogens with two attached hydrogens (primary N) is 1. The topological polar surface area (TPSA) is 93.4 Å². The smallest absolute Gasteiger partial charge is 0.323 e. The second-order valence-electron chi connectivity index (χ2n) is 3.31. The average Bonchev–Trinajstić information content (AvgIpc) is 2.59. The van der Waals surface area contributed by atoms with Crippen LogP contribution in [0.2, 0.25) is 0 Å². The maximum absolute atomic E-state index is 11.0. The molecule has 14 heavy (non-hydrogen) atoms. The number of carbonyl (C=O) groups is 2. The first kappa shape index (κ1) is 10.9. The summed E-state index contributed by atoms with van der Waals surface area (Å²) >= 11 is 0. The van der Waals surface area contributed by atoms with E-state index in [-0.39, 0.29) is 12.0 Å². The van der Waals surface area contributed by atoms with Crippen molar-refractivity contribution in [3.05, 3.63) is 0 Å². The minimum atomic E-state index is -0.823. The van der Waals surface area contributed by atoms with Crippen LogP contribution in [0.25, 0.3) is 0 Å². The van der Waals surface area contributed by atoms with E-state index < -0.39 is 11.8 Å². The Kier molecular flexibility index (Phi) is 3.84. The van der Waals surface area contributed by atoms with Crippen molar-refractivity contribution in [2.24, 2.45) is 11.8 Å². The first-order chi connectivity index (χ1) is 6.65. The second-order valence-corrected chi connectivity index (χ2v) is 3.31. The fourth-order valence-electron chi connectivity index (χ4n) is 1.41. The molecule has 80 valence electrons. The first-order valence-electron chi connectivity index (χ1n) is 4.55. The Bertz CT molecular complexity index is 232. The van der Waals surface area contributed by atoms with Crippen LogP contribution in [0.15, 0.2) is 0 Å². The Balaban J connectivity index is 2.26. The average molecular weight is 201 g/mol. The van der Waals surface area contributed by atoms with E-state index >= 15 is 0 Å². The van der Waals surface area contributed by atoms with Crippen molar-refractivity contribution in [2.75, 3.05) is 13.2 Å². The number of nitrogens with one attached hydrogen (secondary N) is 2. The molecule has 2 unspecified atom stereocenters. The van der Waals surface area contributed by atoms with E-state index in [1.54, 1.807) is 5.43 Å². The standard InChI is InChI=1S/C8H15N3O3/c1-5-6(2-3-14-5)4-10-7(12)8(13)11-9/h5-6H,2-4,9H2,1H3,(H,10,12)(H,11,13).